The van der Waals surface area contributed by atoms with Gasteiger partial charge in [-0.2, -0.15) is 0 Å². The molecule has 1 saturated carbocycles. The summed E-state index contributed by atoms with van der Waals surface area (Å²) in [5.74, 6) is -1.22. The van der Waals surface area contributed by atoms with Crippen molar-refractivity contribution in [1.82, 2.24) is 10.2 Å². The van der Waals surface area contributed by atoms with Gasteiger partial charge >= 0.3 is 0 Å². The first-order chi connectivity index (χ1) is 20.1. The largest absolute Gasteiger partial charge is 0.352 e. The molecule has 1 aliphatic rings. The number of sulfonamides is 1. The summed E-state index contributed by atoms with van der Waals surface area (Å²) in [6.45, 7) is 3.18. The fourth-order valence-corrected chi connectivity index (χ4v) is 7.04. The Balaban J connectivity index is 1.70. The molecule has 0 aromatic heterocycles. The van der Waals surface area contributed by atoms with Crippen LogP contribution in [0.1, 0.15) is 56.6 Å². The Kier molecular flexibility index (Phi) is 10.8. The van der Waals surface area contributed by atoms with Crippen LogP contribution in [0.25, 0.3) is 0 Å². The van der Waals surface area contributed by atoms with Crippen molar-refractivity contribution >= 4 is 43.5 Å². The molecule has 1 N–H and O–H groups in total. The summed E-state index contributed by atoms with van der Waals surface area (Å²) in [5, 5.41) is 3.12. The maximum Gasteiger partial charge on any atom is 0.264 e. The van der Waals surface area contributed by atoms with E-state index in [0.29, 0.717) is 22.1 Å². The van der Waals surface area contributed by atoms with E-state index in [-0.39, 0.29) is 23.4 Å². The lowest BCUT2D eigenvalue weighted by atomic mass is 9.95. The highest BCUT2D eigenvalue weighted by Crippen LogP contribution is 2.27. The van der Waals surface area contributed by atoms with Crippen LogP contribution in [-0.2, 0) is 26.2 Å². The molecule has 0 aliphatic heterocycles. The van der Waals surface area contributed by atoms with Crippen LogP contribution in [0.3, 0.4) is 0 Å². The molecule has 1 fully saturated rings. The van der Waals surface area contributed by atoms with Crippen molar-refractivity contribution in [3.63, 3.8) is 0 Å². The topological polar surface area (TPSA) is 86.8 Å². The lowest BCUT2D eigenvalue weighted by molar-refractivity contribution is -0.140. The van der Waals surface area contributed by atoms with Crippen LogP contribution < -0.4 is 9.62 Å². The summed E-state index contributed by atoms with van der Waals surface area (Å²) in [6, 6.07) is 18.1. The smallest absolute Gasteiger partial charge is 0.264 e. The van der Waals surface area contributed by atoms with Crippen LogP contribution in [0.15, 0.2) is 82.2 Å². The highest BCUT2D eigenvalue weighted by molar-refractivity contribution is 9.10. The summed E-state index contributed by atoms with van der Waals surface area (Å²) < 4.78 is 43.3. The predicted octanol–water partition coefficient (Wildman–Crippen LogP) is 6.35. The molecule has 42 heavy (non-hydrogen) atoms. The van der Waals surface area contributed by atoms with Crippen molar-refractivity contribution in [3.05, 3.63) is 94.2 Å². The third-order valence-electron chi connectivity index (χ3n) is 7.59. The van der Waals surface area contributed by atoms with Crippen molar-refractivity contribution in [2.24, 2.45) is 0 Å². The number of hydrogen-bond acceptors (Lipinski definition) is 4. The number of carbonyl (C=O) groups is 2. The zero-order valence-electron chi connectivity index (χ0n) is 23.9. The molecule has 1 aliphatic carbocycles. The fraction of sp³-hybridized carbons (Fsp3) is 0.375. The number of aryl methyl sites for hydroxylation is 1. The number of nitrogens with one attached hydrogen (secondary N) is 1. The van der Waals surface area contributed by atoms with E-state index in [1.807, 2.05) is 13.8 Å². The number of rotatable bonds is 11. The molecule has 224 valence electrons. The average Bonchev–Trinajstić information content (AvgIpc) is 2.97. The molecule has 0 radical (unpaired) electrons. The lowest BCUT2D eigenvalue weighted by Gasteiger charge is -2.34. The second kappa shape index (κ2) is 14.3. The predicted molar refractivity (Wildman–Crippen MR) is 166 cm³/mol. The molecule has 0 unspecified atom stereocenters. The Hall–Kier alpha value is -3.24. The Labute approximate surface area is 256 Å². The summed E-state index contributed by atoms with van der Waals surface area (Å²) in [7, 11) is -4.16. The minimum Gasteiger partial charge on any atom is -0.352 e. The maximum absolute atomic E-state index is 14.2. The molecule has 3 aromatic rings. The van der Waals surface area contributed by atoms with E-state index in [0.717, 1.165) is 42.0 Å². The molecule has 0 saturated heterocycles. The lowest BCUT2D eigenvalue weighted by Crippen LogP contribution is -2.54. The third kappa shape index (κ3) is 7.98. The molecular weight excluding hydrogens is 621 g/mol. The normalized spacial score (nSPS) is 14.7. The van der Waals surface area contributed by atoms with Gasteiger partial charge in [0.15, 0.2) is 0 Å². The van der Waals surface area contributed by atoms with Crippen LogP contribution in [0.4, 0.5) is 10.1 Å². The van der Waals surface area contributed by atoms with Gasteiger partial charge < -0.3 is 10.2 Å². The number of anilines is 1. The van der Waals surface area contributed by atoms with E-state index in [1.165, 1.54) is 29.2 Å². The molecule has 1 atom stereocenters. The van der Waals surface area contributed by atoms with Crippen LogP contribution >= 0.6 is 15.9 Å². The SMILES string of the molecule is CC[C@@H](C(=O)NC1CCCCC1)N(Cc1ccc(F)cc1)C(=O)CN(c1cccc(Br)c1)S(=O)(=O)c1ccc(C)cc1. The van der Waals surface area contributed by atoms with Crippen molar-refractivity contribution in [3.8, 4) is 0 Å². The standard InChI is InChI=1S/C32H37BrFN3O4S/c1-3-30(32(39)35-27-9-5-4-6-10-27)36(21-24-14-16-26(34)17-15-24)31(38)22-37(28-11-7-8-25(33)20-28)42(40,41)29-18-12-23(2)13-19-29/h7-8,11-20,27,30H,3-6,9-10,21-22H2,1-2H3,(H,35,39)/t30-/m0/s1. The van der Waals surface area contributed by atoms with Gasteiger partial charge in [-0.15, -0.1) is 0 Å². The minimum atomic E-state index is -4.16. The number of amides is 2. The Bertz CT molecular complexity index is 1480. The average molecular weight is 659 g/mol. The number of nitrogens with zero attached hydrogens (tertiary/aromatic N) is 2. The van der Waals surface area contributed by atoms with Crippen molar-refractivity contribution in [1.29, 1.82) is 0 Å². The first-order valence-corrected chi connectivity index (χ1v) is 16.5. The summed E-state index contributed by atoms with van der Waals surface area (Å²) >= 11 is 3.41. The van der Waals surface area contributed by atoms with Gasteiger partial charge in [0.1, 0.15) is 18.4 Å². The van der Waals surface area contributed by atoms with Crippen LogP contribution in [-0.4, -0.2) is 43.8 Å². The number of hydrogen-bond donors (Lipinski definition) is 1. The van der Waals surface area contributed by atoms with E-state index >= 15 is 0 Å². The van der Waals surface area contributed by atoms with Gasteiger partial charge in [-0.05, 0) is 74.2 Å². The van der Waals surface area contributed by atoms with Crippen LogP contribution in [0.5, 0.6) is 0 Å². The van der Waals surface area contributed by atoms with Crippen LogP contribution in [0.2, 0.25) is 0 Å². The van der Waals surface area contributed by atoms with Crippen molar-refractivity contribution < 1.29 is 22.4 Å². The summed E-state index contributed by atoms with van der Waals surface area (Å²) in [5.41, 5.74) is 1.84. The zero-order valence-corrected chi connectivity index (χ0v) is 26.3. The van der Waals surface area contributed by atoms with Crippen molar-refractivity contribution in [2.75, 3.05) is 10.8 Å². The molecule has 3 aromatic carbocycles. The molecule has 2 amide bonds. The Morgan fingerprint density at radius 2 is 1.67 bits per heavy atom. The maximum atomic E-state index is 14.2. The highest BCUT2D eigenvalue weighted by atomic mass is 79.9. The van der Waals surface area contributed by atoms with Crippen LogP contribution in [0, 0.1) is 12.7 Å². The Morgan fingerprint density at radius 1 is 1.00 bits per heavy atom. The fourth-order valence-electron chi connectivity index (χ4n) is 5.25. The van der Waals surface area contributed by atoms with Gasteiger partial charge in [0.25, 0.3) is 10.0 Å². The second-order valence-electron chi connectivity index (χ2n) is 10.7. The number of halogens is 2. The molecule has 0 spiro atoms. The summed E-state index contributed by atoms with van der Waals surface area (Å²) in [6.07, 6.45) is 5.32. The quantitative estimate of drug-likeness (QED) is 0.260. The Morgan fingerprint density at radius 3 is 2.29 bits per heavy atom. The van der Waals surface area contributed by atoms with Gasteiger partial charge in [0, 0.05) is 17.1 Å². The molecule has 0 heterocycles. The van der Waals surface area contributed by atoms with Gasteiger partial charge in [-0.3, -0.25) is 13.9 Å². The van der Waals surface area contributed by atoms with Gasteiger partial charge in [0.05, 0.1) is 10.6 Å². The van der Waals surface area contributed by atoms with Crippen molar-refractivity contribution in [2.45, 2.75) is 75.9 Å². The molecule has 4 rings (SSSR count). The summed E-state index contributed by atoms with van der Waals surface area (Å²) in [4.78, 5) is 29.2. The van der Waals surface area contributed by atoms with Gasteiger partial charge in [-0.1, -0.05) is 78.0 Å². The first-order valence-electron chi connectivity index (χ1n) is 14.3. The van der Waals surface area contributed by atoms with E-state index in [4.69, 9.17) is 0 Å². The molecular formula is C32H37BrFN3O4S. The van der Waals surface area contributed by atoms with E-state index < -0.39 is 34.3 Å². The number of carbonyl (C=O) groups excluding carboxylic acids is 2. The highest BCUT2D eigenvalue weighted by Gasteiger charge is 2.34. The monoisotopic (exact) mass is 657 g/mol. The van der Waals surface area contributed by atoms with E-state index in [2.05, 4.69) is 21.2 Å². The molecule has 7 nitrogen and oxygen atoms in total. The minimum absolute atomic E-state index is 0.0204. The first kappa shape index (κ1) is 31.7. The molecule has 10 heteroatoms. The zero-order chi connectivity index (χ0) is 30.3. The van der Waals surface area contributed by atoms with E-state index in [9.17, 15) is 22.4 Å². The van der Waals surface area contributed by atoms with Gasteiger partial charge in [-0.25, -0.2) is 12.8 Å². The van der Waals surface area contributed by atoms with E-state index in [1.54, 1.807) is 48.5 Å². The second-order valence-corrected chi connectivity index (χ2v) is 13.5. The number of benzene rings is 3. The van der Waals surface area contributed by atoms with Gasteiger partial charge in [0.2, 0.25) is 11.8 Å². The third-order valence-corrected chi connectivity index (χ3v) is 9.87. The molecule has 0 bridgehead atoms.